The highest BCUT2D eigenvalue weighted by atomic mass is 32.1. The summed E-state index contributed by atoms with van der Waals surface area (Å²) in [6, 6.07) is 4.33. The molecule has 7 heteroatoms. The number of amides is 1. The number of benzene rings is 1. The maximum absolute atomic E-state index is 12.2. The predicted octanol–water partition coefficient (Wildman–Crippen LogP) is 2.65. The maximum atomic E-state index is 12.2. The number of carbonyl (C=O) groups excluding carboxylic acids is 1. The molecular weight excluding hydrogens is 304 g/mol. The normalized spacial score (nSPS) is 12.0. The topological polar surface area (TPSA) is 99.5 Å². The molecule has 0 aliphatic heterocycles. The van der Waals surface area contributed by atoms with E-state index in [1.165, 1.54) is 6.07 Å². The van der Waals surface area contributed by atoms with E-state index in [4.69, 9.17) is 5.11 Å². The smallest absolute Gasteiger partial charge is 0.347 e. The molecular formula is C15H16N2O4S. The summed E-state index contributed by atoms with van der Waals surface area (Å²) in [6.45, 7) is 5.15. The lowest BCUT2D eigenvalue weighted by Crippen LogP contribution is -2.26. The van der Waals surface area contributed by atoms with E-state index < -0.39 is 17.9 Å². The Morgan fingerprint density at radius 1 is 1.32 bits per heavy atom. The number of thiazole rings is 1. The van der Waals surface area contributed by atoms with Crippen molar-refractivity contribution >= 4 is 23.2 Å². The van der Waals surface area contributed by atoms with Crippen LogP contribution in [0.4, 0.5) is 0 Å². The van der Waals surface area contributed by atoms with Crippen molar-refractivity contribution in [3.05, 3.63) is 44.9 Å². The minimum absolute atomic E-state index is 0.0914. The number of phenolic OH excluding ortho intramolecular Hbond substituents is 1. The highest BCUT2D eigenvalue weighted by Crippen LogP contribution is 2.25. The molecule has 1 aromatic heterocycles. The van der Waals surface area contributed by atoms with E-state index in [0.717, 1.165) is 16.9 Å². The van der Waals surface area contributed by atoms with Gasteiger partial charge >= 0.3 is 5.97 Å². The molecule has 0 saturated carbocycles. The lowest BCUT2D eigenvalue weighted by Gasteiger charge is -2.12. The van der Waals surface area contributed by atoms with Crippen molar-refractivity contribution in [2.24, 2.45) is 0 Å². The number of aromatic carboxylic acids is 1. The molecule has 1 atom stereocenters. The van der Waals surface area contributed by atoms with Crippen LogP contribution in [0.3, 0.4) is 0 Å². The second kappa shape index (κ2) is 6.15. The van der Waals surface area contributed by atoms with Gasteiger partial charge in [0.2, 0.25) is 0 Å². The number of aryl methyl sites for hydroxylation is 2. The molecule has 0 aliphatic carbocycles. The molecule has 6 nitrogen and oxygen atoms in total. The Kier molecular flexibility index (Phi) is 4.46. The SMILES string of the molecule is Cc1ccc(C(=O)NC(C)c2nc(C)c(C(=O)O)s2)c(O)c1. The van der Waals surface area contributed by atoms with Crippen molar-refractivity contribution in [1.29, 1.82) is 0 Å². The van der Waals surface area contributed by atoms with Crippen LogP contribution in [-0.4, -0.2) is 27.1 Å². The zero-order chi connectivity index (χ0) is 16.4. The van der Waals surface area contributed by atoms with E-state index in [9.17, 15) is 14.7 Å². The number of nitrogens with one attached hydrogen (secondary N) is 1. The predicted molar refractivity (Wildman–Crippen MR) is 82.5 cm³/mol. The molecule has 1 heterocycles. The number of phenols is 1. The Balaban J connectivity index is 2.17. The molecule has 1 aromatic carbocycles. The van der Waals surface area contributed by atoms with Gasteiger partial charge in [0.05, 0.1) is 17.3 Å². The number of hydrogen-bond donors (Lipinski definition) is 3. The molecule has 0 aliphatic rings. The fourth-order valence-electron chi connectivity index (χ4n) is 1.97. The Morgan fingerprint density at radius 2 is 2.00 bits per heavy atom. The van der Waals surface area contributed by atoms with Crippen molar-refractivity contribution < 1.29 is 19.8 Å². The largest absolute Gasteiger partial charge is 0.507 e. The molecule has 0 radical (unpaired) electrons. The Morgan fingerprint density at radius 3 is 2.55 bits per heavy atom. The molecule has 116 valence electrons. The van der Waals surface area contributed by atoms with Gasteiger partial charge in [-0.25, -0.2) is 9.78 Å². The molecule has 0 fully saturated rings. The van der Waals surface area contributed by atoms with E-state index in [-0.39, 0.29) is 16.2 Å². The molecule has 2 rings (SSSR count). The van der Waals surface area contributed by atoms with Gasteiger partial charge in [0, 0.05) is 0 Å². The summed E-state index contributed by atoms with van der Waals surface area (Å²) in [5, 5.41) is 22.1. The van der Waals surface area contributed by atoms with Gasteiger partial charge in [-0.1, -0.05) is 6.07 Å². The van der Waals surface area contributed by atoms with E-state index in [1.807, 2.05) is 6.92 Å². The summed E-state index contributed by atoms with van der Waals surface area (Å²) in [5.41, 5.74) is 1.44. The summed E-state index contributed by atoms with van der Waals surface area (Å²) in [5.74, 6) is -1.56. The molecule has 0 spiro atoms. The first kappa shape index (κ1) is 16.0. The molecule has 3 N–H and O–H groups in total. The quantitative estimate of drug-likeness (QED) is 0.804. The number of aromatic nitrogens is 1. The van der Waals surface area contributed by atoms with Gasteiger partial charge in [0.1, 0.15) is 15.6 Å². The van der Waals surface area contributed by atoms with Gasteiger partial charge < -0.3 is 15.5 Å². The first-order valence-electron chi connectivity index (χ1n) is 6.60. The van der Waals surface area contributed by atoms with Crippen LogP contribution >= 0.6 is 11.3 Å². The number of carbonyl (C=O) groups is 2. The van der Waals surface area contributed by atoms with Crippen molar-refractivity contribution in [3.8, 4) is 5.75 Å². The van der Waals surface area contributed by atoms with Crippen molar-refractivity contribution in [3.63, 3.8) is 0 Å². The molecule has 22 heavy (non-hydrogen) atoms. The third-order valence-corrected chi connectivity index (χ3v) is 4.45. The summed E-state index contributed by atoms with van der Waals surface area (Å²) in [4.78, 5) is 27.5. The second-order valence-corrected chi connectivity index (χ2v) is 6.02. The Bertz CT molecular complexity index is 739. The standard InChI is InChI=1S/C15H16N2O4S/c1-7-4-5-10(11(18)6-7)13(19)16-9(3)14-17-8(2)12(22-14)15(20)21/h4-6,9,18H,1-3H3,(H,16,19)(H,20,21). The number of rotatable bonds is 4. The lowest BCUT2D eigenvalue weighted by atomic mass is 10.1. The first-order valence-corrected chi connectivity index (χ1v) is 7.42. The molecule has 2 aromatic rings. The lowest BCUT2D eigenvalue weighted by molar-refractivity contribution is 0.0700. The van der Waals surface area contributed by atoms with Gasteiger partial charge in [-0.05, 0) is 38.5 Å². The monoisotopic (exact) mass is 320 g/mol. The van der Waals surface area contributed by atoms with Gasteiger partial charge in [-0.15, -0.1) is 11.3 Å². The van der Waals surface area contributed by atoms with Gasteiger partial charge in [-0.3, -0.25) is 4.79 Å². The van der Waals surface area contributed by atoms with E-state index in [2.05, 4.69) is 10.3 Å². The number of hydrogen-bond acceptors (Lipinski definition) is 5. The number of carboxylic acid groups (broad SMARTS) is 1. The Labute approximate surface area is 131 Å². The van der Waals surface area contributed by atoms with Crippen LogP contribution in [0.25, 0.3) is 0 Å². The van der Waals surface area contributed by atoms with E-state index in [0.29, 0.717) is 10.7 Å². The summed E-state index contributed by atoms with van der Waals surface area (Å²) in [6.07, 6.45) is 0. The van der Waals surface area contributed by atoms with Crippen molar-refractivity contribution in [2.45, 2.75) is 26.8 Å². The Hall–Kier alpha value is -2.41. The zero-order valence-electron chi connectivity index (χ0n) is 12.4. The third kappa shape index (κ3) is 3.25. The van der Waals surface area contributed by atoms with E-state index in [1.54, 1.807) is 26.0 Å². The first-order chi connectivity index (χ1) is 10.3. The minimum Gasteiger partial charge on any atom is -0.507 e. The van der Waals surface area contributed by atoms with Crippen LogP contribution in [-0.2, 0) is 0 Å². The number of nitrogens with zero attached hydrogens (tertiary/aromatic N) is 1. The average Bonchev–Trinajstić information content (AvgIpc) is 2.80. The van der Waals surface area contributed by atoms with Crippen LogP contribution in [0.1, 0.15) is 49.3 Å². The van der Waals surface area contributed by atoms with Crippen molar-refractivity contribution in [2.75, 3.05) is 0 Å². The molecule has 1 unspecified atom stereocenters. The fraction of sp³-hybridized carbons (Fsp3) is 0.267. The van der Waals surface area contributed by atoms with E-state index >= 15 is 0 Å². The van der Waals surface area contributed by atoms with Gasteiger partial charge in [0.25, 0.3) is 5.91 Å². The third-order valence-electron chi connectivity index (χ3n) is 3.12. The summed E-state index contributed by atoms with van der Waals surface area (Å²) in [7, 11) is 0. The van der Waals surface area contributed by atoms with Gasteiger partial charge in [0.15, 0.2) is 0 Å². The fourth-order valence-corrected chi connectivity index (χ4v) is 2.88. The van der Waals surface area contributed by atoms with Gasteiger partial charge in [-0.2, -0.15) is 0 Å². The van der Waals surface area contributed by atoms with Crippen LogP contribution in [0.2, 0.25) is 0 Å². The molecule has 0 bridgehead atoms. The highest BCUT2D eigenvalue weighted by Gasteiger charge is 2.20. The second-order valence-electron chi connectivity index (χ2n) is 4.99. The molecule has 1 amide bonds. The number of aromatic hydroxyl groups is 1. The van der Waals surface area contributed by atoms with Crippen molar-refractivity contribution in [1.82, 2.24) is 10.3 Å². The zero-order valence-corrected chi connectivity index (χ0v) is 13.2. The summed E-state index contributed by atoms with van der Waals surface area (Å²) < 4.78 is 0. The average molecular weight is 320 g/mol. The summed E-state index contributed by atoms with van der Waals surface area (Å²) >= 11 is 1.03. The number of carboxylic acids is 1. The molecule has 0 saturated heterocycles. The highest BCUT2D eigenvalue weighted by molar-refractivity contribution is 7.13. The van der Waals surface area contributed by atoms with Crippen LogP contribution in [0.15, 0.2) is 18.2 Å². The van der Waals surface area contributed by atoms with Crippen LogP contribution < -0.4 is 5.32 Å². The van der Waals surface area contributed by atoms with Crippen LogP contribution in [0.5, 0.6) is 5.75 Å². The van der Waals surface area contributed by atoms with Crippen LogP contribution in [0, 0.1) is 13.8 Å². The minimum atomic E-state index is -1.03. The maximum Gasteiger partial charge on any atom is 0.347 e.